The van der Waals surface area contributed by atoms with E-state index in [4.69, 9.17) is 18.9 Å². The molecule has 50 heavy (non-hydrogen) atoms. The zero-order chi connectivity index (χ0) is 33.7. The second-order valence-electron chi connectivity index (χ2n) is 12.4. The number of hydrogen-bond donors (Lipinski definition) is 0. The first-order chi connectivity index (χ1) is 23.2. The smallest absolute Gasteiger partial charge is 0.422 e. The first kappa shape index (κ1) is 39.4. The quantitative estimate of drug-likeness (QED) is 0.262. The zero-order valence-electron chi connectivity index (χ0n) is 28.1. The number of rotatable bonds is 11. The molecule has 3 aromatic rings. The summed E-state index contributed by atoms with van der Waals surface area (Å²) in [5, 5.41) is 0. The Hall–Kier alpha value is -3.36. The van der Waals surface area contributed by atoms with Gasteiger partial charge in [-0.25, -0.2) is 0 Å². The van der Waals surface area contributed by atoms with Crippen molar-refractivity contribution < 1.29 is 36.9 Å². The van der Waals surface area contributed by atoms with Crippen molar-refractivity contribution in [3.05, 3.63) is 77.4 Å². The fourth-order valence-electron chi connectivity index (χ4n) is 7.20. The Kier molecular flexibility index (Phi) is 14.0. The lowest BCUT2D eigenvalue weighted by Gasteiger charge is -2.53. The summed E-state index contributed by atoms with van der Waals surface area (Å²) >= 11 is 0. The van der Waals surface area contributed by atoms with Gasteiger partial charge < -0.3 is 23.8 Å². The highest BCUT2D eigenvalue weighted by atomic mass is 35.5. The third kappa shape index (κ3) is 9.29. The lowest BCUT2D eigenvalue weighted by Crippen LogP contribution is -2.67. The first-order valence-corrected chi connectivity index (χ1v) is 16.5. The lowest BCUT2D eigenvalue weighted by molar-refractivity contribution is -0.154. The van der Waals surface area contributed by atoms with Gasteiger partial charge in [-0.1, -0.05) is 60.7 Å². The maximum atomic E-state index is 13.5. The van der Waals surface area contributed by atoms with E-state index in [9.17, 15) is 18.0 Å². The predicted octanol–water partition coefficient (Wildman–Crippen LogP) is 5.23. The van der Waals surface area contributed by atoms with Crippen molar-refractivity contribution in [3.63, 3.8) is 0 Å². The molecule has 3 aliphatic heterocycles. The van der Waals surface area contributed by atoms with Gasteiger partial charge in [0.25, 0.3) is 0 Å². The van der Waals surface area contributed by atoms with Crippen LogP contribution in [0.25, 0.3) is 0 Å². The molecule has 3 aliphatic rings. The maximum absolute atomic E-state index is 13.5. The number of ether oxygens (including phenoxy) is 4. The number of fused-ring (bicyclic) bond motifs is 1. The molecule has 0 N–H and O–H groups in total. The summed E-state index contributed by atoms with van der Waals surface area (Å²) in [7, 11) is 1.41. The largest absolute Gasteiger partial charge is 0.481 e. The van der Waals surface area contributed by atoms with Crippen molar-refractivity contribution in [2.24, 2.45) is 5.92 Å². The van der Waals surface area contributed by atoms with Crippen LogP contribution in [-0.4, -0.2) is 115 Å². The summed E-state index contributed by atoms with van der Waals surface area (Å²) in [5.41, 5.74) is 2.62. The predicted molar refractivity (Wildman–Crippen MR) is 186 cm³/mol. The van der Waals surface area contributed by atoms with Crippen molar-refractivity contribution >= 4 is 30.7 Å². The van der Waals surface area contributed by atoms with Gasteiger partial charge in [0.05, 0.1) is 31.8 Å². The van der Waals surface area contributed by atoms with E-state index in [0.717, 1.165) is 17.5 Å². The average molecular weight is 743 g/mol. The standard InChI is InChI=1S/C35H42F3N5O5.2ClH/c1-3-47-34-39-31(45-2)28(32(40-34)48-23-35(36,37)38)20-41-18-27-19-42(33(44)26-14-17-46-22-26)15-16-43(27)29(21-41)30(24-10-6-4-7-11-24)25-12-8-5-9-13-25;;/h4-13,26-27,29-30H,3,14-23H2,1-2H3;2*1H/t26?,27-,29+;;/m1../s1. The minimum absolute atomic E-state index is 0. The summed E-state index contributed by atoms with van der Waals surface area (Å²) in [6.45, 7) is 4.65. The van der Waals surface area contributed by atoms with Crippen molar-refractivity contribution in [3.8, 4) is 17.8 Å². The van der Waals surface area contributed by atoms with Gasteiger partial charge in [-0.2, -0.15) is 23.1 Å². The number of nitrogens with zero attached hydrogens (tertiary/aromatic N) is 5. The van der Waals surface area contributed by atoms with Gasteiger partial charge >= 0.3 is 12.2 Å². The number of piperazine rings is 2. The zero-order valence-corrected chi connectivity index (χ0v) is 29.7. The maximum Gasteiger partial charge on any atom is 0.422 e. The van der Waals surface area contributed by atoms with E-state index < -0.39 is 12.8 Å². The highest BCUT2D eigenvalue weighted by Gasteiger charge is 2.44. The van der Waals surface area contributed by atoms with Crippen LogP contribution in [-0.2, 0) is 16.1 Å². The van der Waals surface area contributed by atoms with Crippen LogP contribution in [0.5, 0.6) is 17.8 Å². The molecule has 6 rings (SSSR count). The fourth-order valence-corrected chi connectivity index (χ4v) is 7.20. The minimum atomic E-state index is -4.57. The molecule has 0 spiro atoms. The average Bonchev–Trinajstić information content (AvgIpc) is 3.64. The Morgan fingerprint density at radius 1 is 0.940 bits per heavy atom. The van der Waals surface area contributed by atoms with Gasteiger partial charge in [0.2, 0.25) is 17.7 Å². The Balaban J connectivity index is 0.00000281. The van der Waals surface area contributed by atoms with Gasteiger partial charge in [-0.15, -0.1) is 24.8 Å². The van der Waals surface area contributed by atoms with Gasteiger partial charge in [0, 0.05) is 63.9 Å². The number of halogens is 5. The summed E-state index contributed by atoms with van der Waals surface area (Å²) in [4.78, 5) is 28.8. The van der Waals surface area contributed by atoms with Crippen molar-refractivity contribution in [2.45, 2.75) is 44.1 Å². The van der Waals surface area contributed by atoms with E-state index in [1.54, 1.807) is 6.92 Å². The molecule has 0 radical (unpaired) electrons. The van der Waals surface area contributed by atoms with Crippen LogP contribution in [0.3, 0.4) is 0 Å². The molecular formula is C35H44Cl2F3N5O5. The molecule has 1 unspecified atom stereocenters. The highest BCUT2D eigenvalue weighted by Crippen LogP contribution is 2.38. The monoisotopic (exact) mass is 741 g/mol. The van der Waals surface area contributed by atoms with Gasteiger partial charge in [-0.3, -0.25) is 14.6 Å². The molecule has 15 heteroatoms. The van der Waals surface area contributed by atoms with E-state index >= 15 is 0 Å². The van der Waals surface area contributed by atoms with Crippen LogP contribution in [0.15, 0.2) is 60.7 Å². The Morgan fingerprint density at radius 3 is 2.18 bits per heavy atom. The molecule has 0 aliphatic carbocycles. The van der Waals surface area contributed by atoms with Crippen LogP contribution in [0.4, 0.5) is 13.2 Å². The van der Waals surface area contributed by atoms with Crippen molar-refractivity contribution in [1.82, 2.24) is 24.7 Å². The number of carbonyl (C=O) groups is 1. The number of carbonyl (C=O) groups excluding carboxylic acids is 1. The van der Waals surface area contributed by atoms with Crippen molar-refractivity contribution in [2.75, 3.05) is 66.3 Å². The van der Waals surface area contributed by atoms with Crippen LogP contribution in [0.1, 0.15) is 36.0 Å². The molecule has 4 heterocycles. The highest BCUT2D eigenvalue weighted by molar-refractivity contribution is 5.85. The molecule has 3 fully saturated rings. The van der Waals surface area contributed by atoms with E-state index in [2.05, 4.69) is 44.0 Å². The number of hydrogen-bond acceptors (Lipinski definition) is 9. The van der Waals surface area contributed by atoms with E-state index in [0.29, 0.717) is 51.5 Å². The molecule has 3 saturated heterocycles. The first-order valence-electron chi connectivity index (χ1n) is 16.5. The van der Waals surface area contributed by atoms with E-state index in [1.165, 1.54) is 7.11 Å². The molecule has 274 valence electrons. The third-order valence-electron chi connectivity index (χ3n) is 9.29. The summed E-state index contributed by atoms with van der Waals surface area (Å²) < 4.78 is 61.8. The Bertz CT molecular complexity index is 1480. The lowest BCUT2D eigenvalue weighted by atomic mass is 9.81. The molecule has 1 aromatic heterocycles. The SMILES string of the molecule is CCOc1nc(OC)c(CN2C[C@@H]3CN(C(=O)C4CCOC4)CCN3[C@H](C(c3ccccc3)c3ccccc3)C2)c(OCC(F)(F)F)n1.Cl.Cl. The number of benzene rings is 2. The minimum Gasteiger partial charge on any atom is -0.481 e. The van der Waals surface area contributed by atoms with Crippen LogP contribution in [0.2, 0.25) is 0 Å². The summed E-state index contributed by atoms with van der Waals surface area (Å²) in [6.07, 6.45) is -3.85. The molecule has 2 aromatic carbocycles. The molecule has 0 bridgehead atoms. The second-order valence-corrected chi connectivity index (χ2v) is 12.4. The number of alkyl halides is 3. The molecule has 1 amide bonds. The second kappa shape index (κ2) is 17.7. The number of amides is 1. The topological polar surface area (TPSA) is 89.5 Å². The van der Waals surface area contributed by atoms with Gasteiger partial charge in [0.15, 0.2) is 6.61 Å². The van der Waals surface area contributed by atoms with Crippen LogP contribution in [0, 0.1) is 5.92 Å². The molecule has 10 nitrogen and oxygen atoms in total. The fraction of sp³-hybridized carbons (Fsp3) is 0.514. The summed E-state index contributed by atoms with van der Waals surface area (Å²) in [5.74, 6) is -0.164. The van der Waals surface area contributed by atoms with E-state index in [-0.39, 0.29) is 85.6 Å². The van der Waals surface area contributed by atoms with Crippen LogP contribution < -0.4 is 14.2 Å². The Labute approximate surface area is 303 Å². The Morgan fingerprint density at radius 2 is 1.60 bits per heavy atom. The third-order valence-corrected chi connectivity index (χ3v) is 9.29. The van der Waals surface area contributed by atoms with Crippen LogP contribution >= 0.6 is 24.8 Å². The molecule has 3 atom stereocenters. The van der Waals surface area contributed by atoms with Gasteiger partial charge in [0.1, 0.15) is 0 Å². The molecule has 0 saturated carbocycles. The molecular weight excluding hydrogens is 698 g/mol. The van der Waals surface area contributed by atoms with Gasteiger partial charge in [-0.05, 0) is 24.5 Å². The van der Waals surface area contributed by atoms with Crippen molar-refractivity contribution in [1.29, 1.82) is 0 Å². The normalized spacial score (nSPS) is 21.2. The summed E-state index contributed by atoms with van der Waals surface area (Å²) in [6, 6.07) is 20.5. The van der Waals surface area contributed by atoms with E-state index in [1.807, 2.05) is 41.3 Å². The number of methoxy groups -OCH3 is 1. The number of aromatic nitrogens is 2.